The van der Waals surface area contributed by atoms with Gasteiger partial charge in [0, 0.05) is 164 Å². The van der Waals surface area contributed by atoms with Gasteiger partial charge in [-0.15, -0.1) is 0 Å². The molecule has 2 aromatic heterocycles. The highest BCUT2D eigenvalue weighted by molar-refractivity contribution is 7.89. The third kappa shape index (κ3) is 21.3. The molecule has 8 heterocycles. The van der Waals surface area contributed by atoms with E-state index in [4.69, 9.17) is 15.3 Å². The first-order chi connectivity index (χ1) is 59.9. The van der Waals surface area contributed by atoms with Crippen molar-refractivity contribution in [3.8, 4) is 18.2 Å². The van der Waals surface area contributed by atoms with Crippen LogP contribution < -0.4 is 55.6 Å². The van der Waals surface area contributed by atoms with E-state index in [-0.39, 0.29) is 79.2 Å². The highest BCUT2D eigenvalue weighted by Crippen LogP contribution is 2.36. The van der Waals surface area contributed by atoms with Gasteiger partial charge in [0.2, 0.25) is 20.0 Å². The van der Waals surface area contributed by atoms with Crippen molar-refractivity contribution >= 4 is 89.2 Å². The molecule has 9 aromatic rings. The number of anilines is 9. The van der Waals surface area contributed by atoms with Gasteiger partial charge in [0.15, 0.2) is 11.6 Å². The molecule has 6 saturated heterocycles. The van der Waals surface area contributed by atoms with Gasteiger partial charge in [-0.1, -0.05) is 60.7 Å². The summed E-state index contributed by atoms with van der Waals surface area (Å²) in [5.74, 6) is -1.97. The Morgan fingerprint density at radius 2 is 0.832 bits per heavy atom. The van der Waals surface area contributed by atoms with Crippen molar-refractivity contribution in [3.05, 3.63) is 242 Å². The third-order valence-corrected chi connectivity index (χ3v) is 26.2. The van der Waals surface area contributed by atoms with Crippen LogP contribution in [0.4, 0.5) is 64.6 Å². The number of nitrogens with one attached hydrogen (secondary N) is 3. The van der Waals surface area contributed by atoms with Crippen molar-refractivity contribution in [1.82, 2.24) is 24.7 Å². The molecule has 125 heavy (non-hydrogen) atoms. The van der Waals surface area contributed by atoms with Gasteiger partial charge in [-0.25, -0.2) is 50.3 Å². The predicted octanol–water partition coefficient (Wildman–Crippen LogP) is 11.8. The predicted molar refractivity (Wildman–Crippen MR) is 480 cm³/mol. The largest absolute Gasteiger partial charge is 0.394 e. The first-order valence-corrected chi connectivity index (χ1v) is 45.2. The summed E-state index contributed by atoms with van der Waals surface area (Å²) in [5, 5.41) is 60.0. The fraction of sp³-hybridized carbons (Fsp3) is 0.376. The summed E-state index contributed by atoms with van der Waals surface area (Å²) in [5.41, 5.74) is 15.4. The van der Waals surface area contributed by atoms with Crippen molar-refractivity contribution in [3.63, 3.8) is 0 Å². The number of carbonyl (C=O) groups is 3. The first-order valence-electron chi connectivity index (χ1n) is 42.1. The molecule has 0 saturated carbocycles. The number of aromatic nitrogens is 2. The van der Waals surface area contributed by atoms with Gasteiger partial charge in [0.1, 0.15) is 51.1 Å². The van der Waals surface area contributed by atoms with Crippen molar-refractivity contribution < 1.29 is 49.5 Å². The van der Waals surface area contributed by atoms with E-state index < -0.39 is 42.4 Å². The number of piperidine rings is 3. The number of aliphatic hydroxyl groups excluding tert-OH is 1. The molecule has 15 rings (SSSR count). The zero-order valence-corrected chi connectivity index (χ0v) is 73.0. The normalized spacial score (nSPS) is 16.8. The van der Waals surface area contributed by atoms with Crippen LogP contribution in [-0.4, -0.2) is 206 Å². The minimum Gasteiger partial charge on any atom is -0.394 e. The van der Waals surface area contributed by atoms with Gasteiger partial charge >= 0.3 is 0 Å². The number of amides is 3. The number of pyridine rings is 2. The standard InChI is InChI=1S/C32H38N6O2.C31H34F2N6O3S.C30H34FN7O3S/c1-22-17-23(2)29(35-26-11-13-36(14-12-26)30-9-5-4-8-25(30)19-33)18-28(22)32(40)37-15-16-38(27(20-37)21-39)31-10-6-7-24(3)34-31;1-20-15-21(2)27(36-23-7-9-37(10-8-23)28-6-4-3-5-22(28)19-34)16-24(20)31(40)39-13-11-38(12-14-39)29-17-25(32)26(33)18-30(29)43(35,41)42;1-20-17-21(2)29(34-24-9-11-36(12-10-24)25-6-4-3-5-22(25)19-32)35-28(20)30(39)38-15-13-37(14-16-38)26-8-7-23(31)18-27(26)42(33,40)41/h4-10,17-18,26-27,35,39H,11-16,20-21H2,1-3H3;3-6,15-18,23,36H,7-14H2,1-2H3,(H2,35,41,42);3-8,17-18,24H,9-16H2,1-2H3,(H,34,35)(H2,33,40,41)/t27-;;/m0../s1. The van der Waals surface area contributed by atoms with Crippen LogP contribution in [0.5, 0.6) is 0 Å². The molecule has 0 radical (unpaired) electrons. The molecule has 6 aliphatic heterocycles. The Labute approximate surface area is 729 Å². The maximum absolute atomic E-state index is 14.0. The van der Waals surface area contributed by atoms with E-state index in [1.807, 2.05) is 162 Å². The molecular weight excluding hydrogens is 1630 g/mol. The molecule has 1 atom stereocenters. The van der Waals surface area contributed by atoms with E-state index >= 15 is 0 Å². The fourth-order valence-corrected chi connectivity index (χ4v) is 19.0. The Morgan fingerprint density at radius 3 is 1.29 bits per heavy atom. The van der Waals surface area contributed by atoms with E-state index in [2.05, 4.69) is 71.7 Å². The zero-order valence-electron chi connectivity index (χ0n) is 71.4. The summed E-state index contributed by atoms with van der Waals surface area (Å²) in [6, 6.07) is 51.2. The Balaban J connectivity index is 0.000000161. The van der Waals surface area contributed by atoms with Crippen molar-refractivity contribution in [2.45, 2.75) is 121 Å². The maximum atomic E-state index is 14.0. The van der Waals surface area contributed by atoms with Gasteiger partial charge in [-0.3, -0.25) is 14.4 Å². The molecule has 0 aliphatic carbocycles. The lowest BCUT2D eigenvalue weighted by molar-refractivity contribution is 0.0695. The van der Waals surface area contributed by atoms with Gasteiger partial charge in [-0.2, -0.15) is 15.8 Å². The molecule has 3 amide bonds. The van der Waals surface area contributed by atoms with E-state index in [9.17, 15) is 65.3 Å². The molecule has 0 spiro atoms. The molecule has 0 unspecified atom stereocenters. The Hall–Kier alpha value is -12.5. The molecule has 8 N–H and O–H groups in total. The second-order valence-electron chi connectivity index (χ2n) is 32.8. The number of nitrogens with two attached hydrogens (primary N) is 2. The van der Waals surface area contributed by atoms with Gasteiger partial charge in [0.05, 0.1) is 57.8 Å². The van der Waals surface area contributed by atoms with Crippen LogP contribution in [-0.2, 0) is 20.0 Å². The second-order valence-corrected chi connectivity index (χ2v) is 35.9. The molecule has 7 aromatic carbocycles. The number of halogens is 3. The highest BCUT2D eigenvalue weighted by Gasteiger charge is 2.36. The number of aryl methyl sites for hydroxylation is 7. The number of para-hydroxylation sites is 3. The Morgan fingerprint density at radius 1 is 0.424 bits per heavy atom. The summed E-state index contributed by atoms with van der Waals surface area (Å²) in [7, 11) is -8.41. The average Bonchev–Trinajstić information content (AvgIpc) is 0.800. The SMILES string of the molecule is Cc1cc(C)c(C(=O)N2CCN(c3cc(F)c(F)cc3S(N)(=O)=O)CC2)cc1NC1CCN(c2ccccc2C#N)CC1.Cc1cc(C)c(C(=O)N2CCN(c3ccc(F)cc3S(N)(=O)=O)CC2)nc1NC1CCN(c2ccccc2C#N)CC1.Cc1cccc(N2CCN(C(=O)c3cc(NC4CCN(c5ccccc5C#N)CC4)c(C)cc3C)C[C@H]2CO)n1. The highest BCUT2D eigenvalue weighted by atomic mass is 32.2. The van der Waals surface area contributed by atoms with Crippen LogP contribution >= 0.6 is 0 Å². The molecule has 6 fully saturated rings. The number of piperazine rings is 3. The summed E-state index contributed by atoms with van der Waals surface area (Å²) in [6.07, 6.45) is 5.38. The van der Waals surface area contributed by atoms with Crippen molar-refractivity contribution in [2.24, 2.45) is 10.3 Å². The number of nitriles is 3. The lowest BCUT2D eigenvalue weighted by Gasteiger charge is -2.41. The number of hydrogen-bond donors (Lipinski definition) is 6. The molecule has 0 bridgehead atoms. The number of sulfonamides is 2. The van der Waals surface area contributed by atoms with E-state index in [0.717, 1.165) is 163 Å². The van der Waals surface area contributed by atoms with Crippen LogP contribution in [0.25, 0.3) is 0 Å². The Kier molecular flexibility index (Phi) is 28.6. The number of nitrogens with zero attached hydrogens (tertiary/aromatic N) is 14. The van der Waals surface area contributed by atoms with Crippen LogP contribution in [0.1, 0.15) is 125 Å². The third-order valence-electron chi connectivity index (χ3n) is 24.4. The van der Waals surface area contributed by atoms with E-state index in [1.54, 1.807) is 19.6 Å². The van der Waals surface area contributed by atoms with E-state index in [0.29, 0.717) is 103 Å². The van der Waals surface area contributed by atoms with Gasteiger partial charge in [0.25, 0.3) is 17.7 Å². The van der Waals surface area contributed by atoms with Crippen LogP contribution in [0.15, 0.2) is 161 Å². The number of primary sulfonamides is 2. The minimum absolute atomic E-state index is 0.00113. The van der Waals surface area contributed by atoms with Crippen molar-refractivity contribution in [1.29, 1.82) is 15.8 Å². The van der Waals surface area contributed by atoms with E-state index in [1.165, 1.54) is 12.1 Å². The average molecular weight is 1740 g/mol. The number of benzene rings is 7. The summed E-state index contributed by atoms with van der Waals surface area (Å²) >= 11 is 0. The molecule has 27 nitrogen and oxygen atoms in total. The number of carbonyl (C=O) groups excluding carboxylic acids is 3. The summed E-state index contributed by atoms with van der Waals surface area (Å²) in [6.45, 7) is 22.7. The molecule has 32 heteroatoms. The van der Waals surface area contributed by atoms with Gasteiger partial charge in [-0.05, 0) is 205 Å². The second kappa shape index (κ2) is 39.6. The van der Waals surface area contributed by atoms with Crippen LogP contribution in [0.3, 0.4) is 0 Å². The first kappa shape index (κ1) is 90.2. The zero-order chi connectivity index (χ0) is 89.1. The lowest BCUT2D eigenvalue weighted by atomic mass is 9.99. The quantitative estimate of drug-likeness (QED) is 0.0465. The topological polar surface area (TPSA) is 354 Å². The summed E-state index contributed by atoms with van der Waals surface area (Å²) < 4.78 is 89.7. The smallest absolute Gasteiger partial charge is 0.272 e. The molecule has 6 aliphatic rings. The Bertz CT molecular complexity index is 5870. The molecule has 654 valence electrons. The number of aliphatic hydroxyl groups is 1. The monoisotopic (exact) mass is 1740 g/mol. The lowest BCUT2D eigenvalue weighted by Crippen LogP contribution is -2.56. The fourth-order valence-electron chi connectivity index (χ4n) is 17.5. The maximum Gasteiger partial charge on any atom is 0.272 e. The number of rotatable bonds is 18. The van der Waals surface area contributed by atoms with Crippen LogP contribution in [0, 0.1) is 99.9 Å². The van der Waals surface area contributed by atoms with Crippen molar-refractivity contribution in [2.75, 3.05) is 163 Å². The minimum atomic E-state index is -4.29. The van der Waals surface area contributed by atoms with Gasteiger partial charge < -0.3 is 65.2 Å². The molecular formula is C93H106F3N19O8S2. The number of hydrogen-bond acceptors (Lipinski definition) is 22. The van der Waals surface area contributed by atoms with Crippen LogP contribution in [0.2, 0.25) is 0 Å². The summed E-state index contributed by atoms with van der Waals surface area (Å²) in [4.78, 5) is 67.1.